The lowest BCUT2D eigenvalue weighted by Gasteiger charge is -2.07. The Kier molecular flexibility index (Phi) is 4.81. The van der Waals surface area contributed by atoms with Crippen LogP contribution in [0.2, 0.25) is 0 Å². The summed E-state index contributed by atoms with van der Waals surface area (Å²) >= 11 is 1.13. The number of benzene rings is 1. The van der Waals surface area contributed by atoms with Crippen molar-refractivity contribution in [2.75, 3.05) is 11.6 Å². The number of nitrogens with zero attached hydrogens (tertiary/aromatic N) is 1. The fourth-order valence-corrected chi connectivity index (χ4v) is 2.97. The summed E-state index contributed by atoms with van der Waals surface area (Å²) < 4.78 is 16.9. The van der Waals surface area contributed by atoms with Crippen LogP contribution < -0.4 is 10.1 Å². The summed E-state index contributed by atoms with van der Waals surface area (Å²) in [7, 11) is -1.14. The molecule has 1 N–H and O–H groups in total. The van der Waals surface area contributed by atoms with Gasteiger partial charge in [-0.15, -0.1) is 0 Å². The molecule has 0 bridgehead atoms. The largest absolute Gasteiger partial charge is 0.426 e. The standard InChI is InChI=1S/C13H12N2O4S2.H2/c1-8(16)19-10-6-4-3-5-9(10)12(17)15-13-14-7-11(20-13)21(2)18;/h3-7H,1-2H3,(H,14,15,17);1H. The van der Waals surface area contributed by atoms with Crippen LogP contribution in [-0.2, 0) is 15.6 Å². The molecule has 1 heterocycles. The van der Waals surface area contributed by atoms with Crippen molar-refractivity contribution >= 4 is 39.1 Å². The molecule has 1 aromatic carbocycles. The molecule has 0 aliphatic heterocycles. The van der Waals surface area contributed by atoms with Crippen molar-refractivity contribution in [3.05, 3.63) is 36.0 Å². The van der Waals surface area contributed by atoms with E-state index >= 15 is 0 Å². The third kappa shape index (κ3) is 3.96. The summed E-state index contributed by atoms with van der Waals surface area (Å²) in [5.74, 6) is -0.777. The minimum atomic E-state index is -1.14. The maximum Gasteiger partial charge on any atom is 0.308 e. The van der Waals surface area contributed by atoms with E-state index in [2.05, 4.69) is 10.3 Å². The lowest BCUT2D eigenvalue weighted by molar-refractivity contribution is -0.131. The molecule has 1 aromatic heterocycles. The fourth-order valence-electron chi connectivity index (χ4n) is 1.51. The van der Waals surface area contributed by atoms with E-state index in [-0.39, 0.29) is 12.7 Å². The summed E-state index contributed by atoms with van der Waals surface area (Å²) in [6.45, 7) is 1.26. The first-order valence-corrected chi connectivity index (χ1v) is 8.23. The van der Waals surface area contributed by atoms with Gasteiger partial charge >= 0.3 is 5.97 Å². The van der Waals surface area contributed by atoms with Gasteiger partial charge in [-0.2, -0.15) is 0 Å². The van der Waals surface area contributed by atoms with Gasteiger partial charge in [0.15, 0.2) is 5.13 Å². The molecule has 2 rings (SSSR count). The predicted octanol–water partition coefficient (Wildman–Crippen LogP) is 2.30. The van der Waals surface area contributed by atoms with Crippen LogP contribution in [0.4, 0.5) is 5.13 Å². The molecule has 8 heteroatoms. The fraction of sp³-hybridized carbons (Fsp3) is 0.154. The molecule has 0 saturated heterocycles. The van der Waals surface area contributed by atoms with Gasteiger partial charge in [-0.05, 0) is 12.1 Å². The van der Waals surface area contributed by atoms with Crippen LogP contribution in [0.25, 0.3) is 0 Å². The molecular weight excluding hydrogens is 312 g/mol. The van der Waals surface area contributed by atoms with Gasteiger partial charge < -0.3 is 4.74 Å². The minimum absolute atomic E-state index is 0. The lowest BCUT2D eigenvalue weighted by Crippen LogP contribution is -2.14. The van der Waals surface area contributed by atoms with Crippen LogP contribution in [0.15, 0.2) is 34.7 Å². The Morgan fingerprint density at radius 3 is 2.71 bits per heavy atom. The molecule has 2 aromatic rings. The Morgan fingerprint density at radius 2 is 2.10 bits per heavy atom. The monoisotopic (exact) mass is 326 g/mol. The number of hydrogen-bond acceptors (Lipinski definition) is 6. The summed E-state index contributed by atoms with van der Waals surface area (Å²) in [6.07, 6.45) is 2.99. The van der Waals surface area contributed by atoms with Crippen LogP contribution in [-0.4, -0.2) is 27.3 Å². The number of aromatic nitrogens is 1. The van der Waals surface area contributed by atoms with Crippen molar-refractivity contribution in [3.63, 3.8) is 0 Å². The third-order valence-corrected chi connectivity index (χ3v) is 4.71. The Labute approximate surface area is 129 Å². The molecule has 0 aliphatic carbocycles. The number of nitrogens with one attached hydrogen (secondary N) is 1. The number of rotatable bonds is 4. The number of thiazole rings is 1. The molecule has 0 saturated carbocycles. The highest BCUT2D eigenvalue weighted by molar-refractivity contribution is 7.86. The van der Waals surface area contributed by atoms with Gasteiger partial charge in [0.1, 0.15) is 9.96 Å². The van der Waals surface area contributed by atoms with Gasteiger partial charge in [-0.3, -0.25) is 19.1 Å². The zero-order valence-corrected chi connectivity index (χ0v) is 12.9. The van der Waals surface area contributed by atoms with E-state index in [1.807, 2.05) is 0 Å². The molecule has 0 aliphatic rings. The smallest absolute Gasteiger partial charge is 0.308 e. The maximum atomic E-state index is 12.2. The highest BCUT2D eigenvalue weighted by Gasteiger charge is 2.15. The van der Waals surface area contributed by atoms with Crippen molar-refractivity contribution in [2.45, 2.75) is 11.1 Å². The Morgan fingerprint density at radius 1 is 1.38 bits per heavy atom. The van der Waals surface area contributed by atoms with Crippen LogP contribution in [0.3, 0.4) is 0 Å². The lowest BCUT2D eigenvalue weighted by atomic mass is 10.2. The summed E-state index contributed by atoms with van der Waals surface area (Å²) in [4.78, 5) is 27.2. The average Bonchev–Trinajstić information content (AvgIpc) is 2.87. The van der Waals surface area contributed by atoms with Crippen molar-refractivity contribution < 1.29 is 20.0 Å². The van der Waals surface area contributed by atoms with Gasteiger partial charge in [0.05, 0.1) is 22.6 Å². The zero-order chi connectivity index (χ0) is 15.4. The second-order valence-corrected chi connectivity index (χ2v) is 6.62. The highest BCUT2D eigenvalue weighted by atomic mass is 32.2. The van der Waals surface area contributed by atoms with Crippen LogP contribution in [0.1, 0.15) is 18.7 Å². The number of esters is 1. The number of anilines is 1. The number of para-hydroxylation sites is 1. The van der Waals surface area contributed by atoms with Crippen molar-refractivity contribution in [2.24, 2.45) is 0 Å². The second kappa shape index (κ2) is 6.59. The molecule has 0 fully saturated rings. The van der Waals surface area contributed by atoms with Gasteiger partial charge in [0.2, 0.25) is 0 Å². The van der Waals surface area contributed by atoms with E-state index in [1.165, 1.54) is 25.4 Å². The first-order chi connectivity index (χ1) is 9.97. The Hall–Kier alpha value is -2.06. The molecular formula is C13H14N2O4S2. The zero-order valence-electron chi connectivity index (χ0n) is 11.3. The van der Waals surface area contributed by atoms with Gasteiger partial charge in [0, 0.05) is 14.6 Å². The third-order valence-electron chi connectivity index (χ3n) is 2.37. The maximum absolute atomic E-state index is 12.2. The van der Waals surface area contributed by atoms with Crippen molar-refractivity contribution in [1.29, 1.82) is 0 Å². The quantitative estimate of drug-likeness (QED) is 0.688. The van der Waals surface area contributed by atoms with E-state index in [4.69, 9.17) is 4.74 Å². The highest BCUT2D eigenvalue weighted by Crippen LogP contribution is 2.23. The van der Waals surface area contributed by atoms with E-state index in [1.54, 1.807) is 18.2 Å². The number of carbonyl (C=O) groups is 2. The van der Waals surface area contributed by atoms with E-state index < -0.39 is 22.7 Å². The summed E-state index contributed by atoms with van der Waals surface area (Å²) in [5, 5.41) is 2.93. The average molecular weight is 326 g/mol. The molecule has 6 nitrogen and oxygen atoms in total. The van der Waals surface area contributed by atoms with Gasteiger partial charge in [-0.25, -0.2) is 4.98 Å². The second-order valence-electron chi connectivity index (χ2n) is 3.98. The van der Waals surface area contributed by atoms with Crippen molar-refractivity contribution in [1.82, 2.24) is 4.98 Å². The molecule has 1 amide bonds. The topological polar surface area (TPSA) is 85.4 Å². The van der Waals surface area contributed by atoms with Gasteiger partial charge in [-0.1, -0.05) is 23.5 Å². The van der Waals surface area contributed by atoms with Crippen molar-refractivity contribution in [3.8, 4) is 5.75 Å². The SMILES string of the molecule is CC(=O)Oc1ccccc1C(=O)Nc1ncc(S(C)=O)s1.[HH]. The molecule has 21 heavy (non-hydrogen) atoms. The van der Waals surface area contributed by atoms with Crippen LogP contribution in [0, 0.1) is 0 Å². The first-order valence-electron chi connectivity index (χ1n) is 5.85. The van der Waals surface area contributed by atoms with Gasteiger partial charge in [0.25, 0.3) is 5.91 Å². The van der Waals surface area contributed by atoms with E-state index in [0.29, 0.717) is 9.34 Å². The Balaban J connectivity index is 0.00000242. The van der Waals surface area contributed by atoms with Crippen LogP contribution >= 0.6 is 11.3 Å². The number of amides is 1. The molecule has 0 radical (unpaired) electrons. The molecule has 1 atom stereocenters. The molecule has 1 unspecified atom stereocenters. The van der Waals surface area contributed by atoms with Crippen LogP contribution in [0.5, 0.6) is 5.75 Å². The number of carbonyl (C=O) groups excluding carboxylic acids is 2. The molecule has 0 spiro atoms. The first kappa shape index (κ1) is 15.3. The Bertz CT molecular complexity index is 718. The minimum Gasteiger partial charge on any atom is -0.426 e. The summed E-state index contributed by atoms with van der Waals surface area (Å²) in [5.41, 5.74) is 0.224. The van der Waals surface area contributed by atoms with E-state index in [9.17, 15) is 13.8 Å². The molecule has 112 valence electrons. The normalized spacial score (nSPS) is 11.7. The van der Waals surface area contributed by atoms with E-state index in [0.717, 1.165) is 11.3 Å². The summed E-state index contributed by atoms with van der Waals surface area (Å²) in [6, 6.07) is 6.40. The number of hydrogen-bond donors (Lipinski definition) is 1. The number of ether oxygens (including phenoxy) is 1. The predicted molar refractivity (Wildman–Crippen MR) is 82.3 cm³/mol.